The maximum atomic E-state index is 13.3. The number of carbonyl (C=O) groups is 1. The van der Waals surface area contributed by atoms with Crippen molar-refractivity contribution >= 4 is 5.78 Å². The molecule has 0 spiro atoms. The minimum Gasteiger partial charge on any atom is -0.294 e. The second-order valence-electron chi connectivity index (χ2n) is 5.66. The largest absolute Gasteiger partial charge is 0.458 e. The van der Waals surface area contributed by atoms with Gasteiger partial charge in [0.25, 0.3) is 0 Å². The van der Waals surface area contributed by atoms with Gasteiger partial charge in [0.15, 0.2) is 5.78 Å². The van der Waals surface area contributed by atoms with Crippen LogP contribution in [0.2, 0.25) is 0 Å². The highest BCUT2D eigenvalue weighted by Gasteiger charge is 2.58. The van der Waals surface area contributed by atoms with E-state index in [1.807, 2.05) is 0 Å². The average molecular weight is 292 g/mol. The van der Waals surface area contributed by atoms with Gasteiger partial charge in [0.05, 0.1) is 0 Å². The number of aryl methyl sites for hydroxylation is 1. The Bertz CT molecular complexity index is 557. The standard InChI is InChI=1S/C14H13F5O/c1-12(2)6-5-8-7-9(3-4-10(8)11(12)20)13(15,16)14(17,18)19/h3-4,7H,5-6H2,1-2H3. The molecule has 1 aromatic rings. The lowest BCUT2D eigenvalue weighted by molar-refractivity contribution is -0.289. The fraction of sp³-hybridized carbons (Fsp3) is 0.500. The van der Waals surface area contributed by atoms with E-state index in [2.05, 4.69) is 0 Å². The first-order valence-corrected chi connectivity index (χ1v) is 6.09. The zero-order valence-electron chi connectivity index (χ0n) is 10.9. The van der Waals surface area contributed by atoms with Crippen molar-refractivity contribution in [1.82, 2.24) is 0 Å². The molecule has 1 aromatic carbocycles. The molecule has 6 heteroatoms. The Kier molecular flexibility index (Phi) is 3.19. The van der Waals surface area contributed by atoms with Gasteiger partial charge in [0.1, 0.15) is 0 Å². The minimum absolute atomic E-state index is 0.222. The second kappa shape index (κ2) is 4.27. The van der Waals surface area contributed by atoms with Crippen LogP contribution in [0, 0.1) is 5.41 Å². The summed E-state index contributed by atoms with van der Waals surface area (Å²) in [6.07, 6.45) is -4.89. The monoisotopic (exact) mass is 292 g/mol. The van der Waals surface area contributed by atoms with Gasteiger partial charge < -0.3 is 0 Å². The molecule has 0 unspecified atom stereocenters. The van der Waals surface area contributed by atoms with Gasteiger partial charge in [-0.05, 0) is 24.5 Å². The Hall–Kier alpha value is -1.46. The summed E-state index contributed by atoms with van der Waals surface area (Å²) in [5.41, 5.74) is -1.23. The topological polar surface area (TPSA) is 17.1 Å². The van der Waals surface area contributed by atoms with Crippen LogP contribution in [0.25, 0.3) is 0 Å². The summed E-state index contributed by atoms with van der Waals surface area (Å²) in [7, 11) is 0. The van der Waals surface area contributed by atoms with E-state index in [4.69, 9.17) is 0 Å². The fourth-order valence-corrected chi connectivity index (χ4v) is 2.31. The summed E-state index contributed by atoms with van der Waals surface area (Å²) < 4.78 is 63.5. The SMILES string of the molecule is CC1(C)CCc2cc(C(F)(F)C(F)(F)F)ccc2C1=O. The van der Waals surface area contributed by atoms with Crippen LogP contribution in [-0.2, 0) is 12.3 Å². The van der Waals surface area contributed by atoms with E-state index >= 15 is 0 Å². The third-order valence-corrected chi connectivity index (χ3v) is 3.70. The molecule has 0 radical (unpaired) electrons. The van der Waals surface area contributed by atoms with Gasteiger partial charge in [0.2, 0.25) is 0 Å². The van der Waals surface area contributed by atoms with Gasteiger partial charge in [-0.15, -0.1) is 0 Å². The quantitative estimate of drug-likeness (QED) is 0.697. The first-order chi connectivity index (χ1) is 8.97. The molecule has 0 fully saturated rings. The normalized spacial score (nSPS) is 18.9. The molecule has 20 heavy (non-hydrogen) atoms. The second-order valence-corrected chi connectivity index (χ2v) is 5.66. The molecule has 110 valence electrons. The molecule has 0 saturated heterocycles. The van der Waals surface area contributed by atoms with E-state index in [1.54, 1.807) is 13.8 Å². The number of alkyl halides is 5. The lowest BCUT2D eigenvalue weighted by Crippen LogP contribution is -2.35. The molecule has 2 rings (SSSR count). The van der Waals surface area contributed by atoms with Crippen LogP contribution in [-0.4, -0.2) is 12.0 Å². The smallest absolute Gasteiger partial charge is 0.294 e. The molecule has 0 heterocycles. The van der Waals surface area contributed by atoms with E-state index in [-0.39, 0.29) is 16.9 Å². The van der Waals surface area contributed by atoms with Crippen LogP contribution < -0.4 is 0 Å². The molecule has 0 aromatic heterocycles. The van der Waals surface area contributed by atoms with E-state index < -0.39 is 23.1 Å². The van der Waals surface area contributed by atoms with E-state index in [9.17, 15) is 26.7 Å². The van der Waals surface area contributed by atoms with E-state index in [1.165, 1.54) is 0 Å². The van der Waals surface area contributed by atoms with Gasteiger partial charge in [-0.25, -0.2) is 0 Å². The van der Waals surface area contributed by atoms with Crippen molar-refractivity contribution in [2.24, 2.45) is 5.41 Å². The van der Waals surface area contributed by atoms with E-state index in [0.717, 1.165) is 12.1 Å². The molecule has 0 amide bonds. The van der Waals surface area contributed by atoms with Crippen LogP contribution in [0.4, 0.5) is 22.0 Å². The summed E-state index contributed by atoms with van der Waals surface area (Å²) in [6, 6.07) is 2.56. The number of ketones is 1. The van der Waals surface area contributed by atoms with Gasteiger partial charge >= 0.3 is 12.1 Å². The number of hydrogen-bond acceptors (Lipinski definition) is 1. The van der Waals surface area contributed by atoms with Crippen molar-refractivity contribution in [3.05, 3.63) is 34.9 Å². The Balaban J connectivity index is 2.48. The zero-order valence-corrected chi connectivity index (χ0v) is 10.9. The predicted molar refractivity (Wildman–Crippen MR) is 62.8 cm³/mol. The Morgan fingerprint density at radius 3 is 2.25 bits per heavy atom. The van der Waals surface area contributed by atoms with Gasteiger partial charge in [0, 0.05) is 16.5 Å². The number of fused-ring (bicyclic) bond motifs is 1. The average Bonchev–Trinajstić information content (AvgIpc) is 2.32. The highest BCUT2D eigenvalue weighted by molar-refractivity contribution is 6.02. The summed E-state index contributed by atoms with van der Waals surface area (Å²) in [4.78, 5) is 12.1. The number of benzene rings is 1. The van der Waals surface area contributed by atoms with Crippen molar-refractivity contribution in [3.8, 4) is 0 Å². The first kappa shape index (κ1) is 14.9. The maximum Gasteiger partial charge on any atom is 0.458 e. The molecule has 0 N–H and O–H groups in total. The molecule has 1 nitrogen and oxygen atoms in total. The van der Waals surface area contributed by atoms with Gasteiger partial charge in [-0.1, -0.05) is 26.0 Å². The van der Waals surface area contributed by atoms with Crippen molar-refractivity contribution in [2.45, 2.75) is 38.8 Å². The van der Waals surface area contributed by atoms with Gasteiger partial charge in [-0.2, -0.15) is 22.0 Å². The summed E-state index contributed by atoms with van der Waals surface area (Å²) >= 11 is 0. The van der Waals surface area contributed by atoms with Crippen molar-refractivity contribution in [2.75, 3.05) is 0 Å². The first-order valence-electron chi connectivity index (χ1n) is 6.09. The van der Waals surface area contributed by atoms with Crippen LogP contribution in [0.5, 0.6) is 0 Å². The predicted octanol–water partition coefficient (Wildman–Crippen LogP) is 4.50. The molecule has 0 bridgehead atoms. The molecule has 0 atom stereocenters. The molecule has 0 saturated carbocycles. The van der Waals surface area contributed by atoms with Gasteiger partial charge in [-0.3, -0.25) is 4.79 Å². The minimum atomic E-state index is -5.64. The third kappa shape index (κ3) is 2.21. The van der Waals surface area contributed by atoms with Crippen LogP contribution in [0.1, 0.15) is 41.8 Å². The molecule has 1 aliphatic carbocycles. The highest BCUT2D eigenvalue weighted by Crippen LogP contribution is 2.45. The van der Waals surface area contributed by atoms with Crippen LogP contribution in [0.15, 0.2) is 18.2 Å². The summed E-state index contributed by atoms with van der Waals surface area (Å²) in [6.45, 7) is 3.47. The molecular formula is C14H13F5O. The number of rotatable bonds is 1. The lowest BCUT2D eigenvalue weighted by Gasteiger charge is -2.30. The Morgan fingerprint density at radius 2 is 1.70 bits per heavy atom. The number of Topliss-reactive ketones (excluding diaryl/α,β-unsaturated/α-hetero) is 1. The highest BCUT2D eigenvalue weighted by atomic mass is 19.4. The number of halogens is 5. The summed E-state index contributed by atoms with van der Waals surface area (Å²) in [5, 5.41) is 0. The van der Waals surface area contributed by atoms with Crippen LogP contribution in [0.3, 0.4) is 0 Å². The Labute approximate surface area is 112 Å². The number of carbonyl (C=O) groups excluding carboxylic acids is 1. The third-order valence-electron chi connectivity index (χ3n) is 3.70. The maximum absolute atomic E-state index is 13.3. The van der Waals surface area contributed by atoms with Crippen molar-refractivity contribution in [3.63, 3.8) is 0 Å². The molecule has 1 aliphatic rings. The van der Waals surface area contributed by atoms with Crippen molar-refractivity contribution in [1.29, 1.82) is 0 Å². The lowest BCUT2D eigenvalue weighted by atomic mass is 9.73. The van der Waals surface area contributed by atoms with Crippen LogP contribution >= 0.6 is 0 Å². The number of hydrogen-bond donors (Lipinski definition) is 0. The molecular weight excluding hydrogens is 279 g/mol. The fourth-order valence-electron chi connectivity index (χ4n) is 2.31. The molecule has 0 aliphatic heterocycles. The Morgan fingerprint density at radius 1 is 1.10 bits per heavy atom. The summed E-state index contributed by atoms with van der Waals surface area (Å²) in [5.74, 6) is -5.13. The zero-order chi connectivity index (χ0) is 15.3. The van der Waals surface area contributed by atoms with Crippen molar-refractivity contribution < 1.29 is 26.7 Å². The van der Waals surface area contributed by atoms with E-state index in [0.29, 0.717) is 18.9 Å².